The second-order valence-electron chi connectivity index (χ2n) is 5.61. The zero-order valence-corrected chi connectivity index (χ0v) is 13.0. The van der Waals surface area contributed by atoms with Gasteiger partial charge in [0.25, 0.3) is 0 Å². The lowest BCUT2D eigenvalue weighted by Crippen LogP contribution is -2.31. The Labute approximate surface area is 128 Å². The Hall–Kier alpha value is -1.69. The predicted octanol–water partition coefficient (Wildman–Crippen LogP) is 2.17. The van der Waals surface area contributed by atoms with Gasteiger partial charge in [0.1, 0.15) is 12.7 Å². The first kappa shape index (κ1) is 14.3. The van der Waals surface area contributed by atoms with E-state index in [1.807, 2.05) is 18.3 Å². The van der Waals surface area contributed by atoms with Crippen LogP contribution in [0.5, 0.6) is 0 Å². The summed E-state index contributed by atoms with van der Waals surface area (Å²) in [7, 11) is 0. The van der Waals surface area contributed by atoms with Crippen molar-refractivity contribution >= 4 is 17.2 Å². The molecule has 5 nitrogen and oxygen atoms in total. The lowest BCUT2D eigenvalue weighted by atomic mass is 9.96. The van der Waals surface area contributed by atoms with Gasteiger partial charge in [0.15, 0.2) is 0 Å². The number of aryl methyl sites for hydroxylation is 1. The Morgan fingerprint density at radius 3 is 3.14 bits per heavy atom. The van der Waals surface area contributed by atoms with E-state index in [9.17, 15) is 4.79 Å². The van der Waals surface area contributed by atoms with Gasteiger partial charge in [0.05, 0.1) is 12.5 Å². The fourth-order valence-electron chi connectivity index (χ4n) is 2.76. The standard InChI is InChI=1S/C15H20N4OS/c1-11(7-19-10-16-9-18-19)15(20)17-6-12-8-21-14-5-3-2-4-13(12)14/h8-11H,2-7H2,1H3,(H,17,20). The molecule has 0 bridgehead atoms. The van der Waals surface area contributed by atoms with Gasteiger partial charge in [-0.1, -0.05) is 6.92 Å². The number of hydrogen-bond donors (Lipinski definition) is 1. The number of hydrogen-bond acceptors (Lipinski definition) is 4. The molecule has 1 unspecified atom stereocenters. The van der Waals surface area contributed by atoms with E-state index in [2.05, 4.69) is 20.8 Å². The second kappa shape index (κ2) is 6.39. The molecular formula is C15H20N4OS. The number of aromatic nitrogens is 3. The zero-order valence-electron chi connectivity index (χ0n) is 12.2. The quantitative estimate of drug-likeness (QED) is 0.921. The third kappa shape index (κ3) is 3.32. The smallest absolute Gasteiger partial charge is 0.224 e. The van der Waals surface area contributed by atoms with Gasteiger partial charge < -0.3 is 5.32 Å². The normalized spacial score (nSPS) is 15.5. The zero-order chi connectivity index (χ0) is 14.7. The summed E-state index contributed by atoms with van der Waals surface area (Å²) in [4.78, 5) is 17.6. The van der Waals surface area contributed by atoms with Crippen LogP contribution in [-0.2, 0) is 30.7 Å². The summed E-state index contributed by atoms with van der Waals surface area (Å²) in [6.45, 7) is 3.13. The van der Waals surface area contributed by atoms with Crippen LogP contribution in [-0.4, -0.2) is 20.7 Å². The van der Waals surface area contributed by atoms with Crippen LogP contribution in [0.1, 0.15) is 35.8 Å². The summed E-state index contributed by atoms with van der Waals surface area (Å²) in [5.74, 6) is -0.0394. The summed E-state index contributed by atoms with van der Waals surface area (Å²) in [5.41, 5.74) is 2.78. The van der Waals surface area contributed by atoms with Crippen LogP contribution < -0.4 is 5.32 Å². The molecule has 3 rings (SSSR count). The van der Waals surface area contributed by atoms with Crippen molar-refractivity contribution in [3.05, 3.63) is 34.0 Å². The number of fused-ring (bicyclic) bond motifs is 1. The van der Waals surface area contributed by atoms with Crippen molar-refractivity contribution < 1.29 is 4.79 Å². The minimum atomic E-state index is -0.110. The molecule has 0 saturated carbocycles. The first-order valence-electron chi connectivity index (χ1n) is 7.42. The minimum absolute atomic E-state index is 0.0706. The number of rotatable bonds is 5. The van der Waals surface area contributed by atoms with Crippen LogP contribution >= 0.6 is 11.3 Å². The van der Waals surface area contributed by atoms with Gasteiger partial charge in [-0.3, -0.25) is 9.48 Å². The fraction of sp³-hybridized carbons (Fsp3) is 0.533. The minimum Gasteiger partial charge on any atom is -0.352 e. The SMILES string of the molecule is CC(Cn1cncn1)C(=O)NCc1csc2c1CCCC2. The number of amides is 1. The first-order chi connectivity index (χ1) is 10.2. The Morgan fingerprint density at radius 2 is 2.33 bits per heavy atom. The monoisotopic (exact) mass is 304 g/mol. The van der Waals surface area contributed by atoms with Crippen molar-refractivity contribution in [2.24, 2.45) is 5.92 Å². The van der Waals surface area contributed by atoms with Crippen LogP contribution in [0.2, 0.25) is 0 Å². The van der Waals surface area contributed by atoms with E-state index < -0.39 is 0 Å². The largest absolute Gasteiger partial charge is 0.352 e. The number of thiophene rings is 1. The maximum absolute atomic E-state index is 12.2. The first-order valence-corrected chi connectivity index (χ1v) is 8.30. The highest BCUT2D eigenvalue weighted by Crippen LogP contribution is 2.30. The van der Waals surface area contributed by atoms with Crippen LogP contribution in [0.3, 0.4) is 0 Å². The average Bonchev–Trinajstić information content (AvgIpc) is 3.14. The maximum Gasteiger partial charge on any atom is 0.224 e. The summed E-state index contributed by atoms with van der Waals surface area (Å²) in [5, 5.41) is 9.29. The van der Waals surface area contributed by atoms with Crippen molar-refractivity contribution in [2.75, 3.05) is 0 Å². The molecule has 1 aliphatic carbocycles. The van der Waals surface area contributed by atoms with Crippen molar-refractivity contribution in [1.82, 2.24) is 20.1 Å². The second-order valence-corrected chi connectivity index (χ2v) is 6.57. The van der Waals surface area contributed by atoms with E-state index >= 15 is 0 Å². The molecule has 0 fully saturated rings. The molecule has 2 aromatic rings. The molecule has 0 saturated heterocycles. The number of carbonyl (C=O) groups is 1. The summed E-state index contributed by atoms with van der Waals surface area (Å²) in [6.07, 6.45) is 8.07. The van der Waals surface area contributed by atoms with Crippen LogP contribution in [0.25, 0.3) is 0 Å². The molecule has 2 aromatic heterocycles. The highest BCUT2D eigenvalue weighted by atomic mass is 32.1. The van der Waals surface area contributed by atoms with Gasteiger partial charge in [-0.25, -0.2) is 4.98 Å². The van der Waals surface area contributed by atoms with Gasteiger partial charge >= 0.3 is 0 Å². The van der Waals surface area contributed by atoms with Crippen LogP contribution in [0.15, 0.2) is 18.0 Å². The molecule has 0 spiro atoms. The topological polar surface area (TPSA) is 59.8 Å². The maximum atomic E-state index is 12.2. The van der Waals surface area contributed by atoms with Crippen molar-refractivity contribution in [2.45, 2.75) is 45.7 Å². The number of nitrogens with zero attached hydrogens (tertiary/aromatic N) is 3. The average molecular weight is 304 g/mol. The molecule has 0 radical (unpaired) electrons. The van der Waals surface area contributed by atoms with E-state index in [-0.39, 0.29) is 11.8 Å². The van der Waals surface area contributed by atoms with Gasteiger partial charge in [-0.2, -0.15) is 5.10 Å². The van der Waals surface area contributed by atoms with Gasteiger partial charge in [0.2, 0.25) is 5.91 Å². The van der Waals surface area contributed by atoms with E-state index in [0.717, 1.165) is 0 Å². The highest BCUT2D eigenvalue weighted by molar-refractivity contribution is 7.10. The molecular weight excluding hydrogens is 284 g/mol. The van der Waals surface area contributed by atoms with Crippen molar-refractivity contribution in [3.63, 3.8) is 0 Å². The van der Waals surface area contributed by atoms with Crippen LogP contribution in [0, 0.1) is 5.92 Å². The van der Waals surface area contributed by atoms with Crippen molar-refractivity contribution in [1.29, 1.82) is 0 Å². The Kier molecular flexibility index (Phi) is 4.34. The van der Waals surface area contributed by atoms with Gasteiger partial charge in [-0.05, 0) is 42.2 Å². The third-order valence-corrected chi connectivity index (χ3v) is 5.11. The Morgan fingerprint density at radius 1 is 1.48 bits per heavy atom. The van der Waals surface area contributed by atoms with E-state index in [4.69, 9.17) is 0 Å². The summed E-state index contributed by atoms with van der Waals surface area (Å²) < 4.78 is 1.69. The third-order valence-electron chi connectivity index (χ3n) is 3.98. The molecule has 6 heteroatoms. The summed E-state index contributed by atoms with van der Waals surface area (Å²) in [6, 6.07) is 0. The number of carbonyl (C=O) groups excluding carboxylic acids is 1. The number of nitrogens with one attached hydrogen (secondary N) is 1. The van der Waals surface area contributed by atoms with Gasteiger partial charge in [0, 0.05) is 11.4 Å². The van der Waals surface area contributed by atoms with Crippen molar-refractivity contribution in [3.8, 4) is 0 Å². The summed E-state index contributed by atoms with van der Waals surface area (Å²) >= 11 is 1.84. The lowest BCUT2D eigenvalue weighted by Gasteiger charge is -2.15. The Balaban J connectivity index is 1.54. The van der Waals surface area contributed by atoms with E-state index in [1.54, 1.807) is 11.0 Å². The van der Waals surface area contributed by atoms with E-state index in [1.165, 1.54) is 48.0 Å². The molecule has 1 N–H and O–H groups in total. The molecule has 0 aliphatic heterocycles. The lowest BCUT2D eigenvalue weighted by molar-refractivity contribution is -0.125. The molecule has 1 amide bonds. The predicted molar refractivity (Wildman–Crippen MR) is 82.0 cm³/mol. The van der Waals surface area contributed by atoms with Gasteiger partial charge in [-0.15, -0.1) is 11.3 Å². The highest BCUT2D eigenvalue weighted by Gasteiger charge is 2.18. The Bertz CT molecular complexity index is 605. The fourth-order valence-corrected chi connectivity index (χ4v) is 3.90. The molecule has 2 heterocycles. The molecule has 1 atom stereocenters. The van der Waals surface area contributed by atoms with E-state index in [0.29, 0.717) is 13.1 Å². The molecule has 112 valence electrons. The molecule has 1 aliphatic rings. The molecule has 21 heavy (non-hydrogen) atoms. The van der Waals surface area contributed by atoms with Crippen LogP contribution in [0.4, 0.5) is 0 Å². The molecule has 0 aromatic carbocycles.